The van der Waals surface area contributed by atoms with E-state index in [2.05, 4.69) is 14.8 Å². The molecule has 2 aromatic rings. The number of nitrogens with zero attached hydrogens (tertiary/aromatic N) is 4. The summed E-state index contributed by atoms with van der Waals surface area (Å²) in [7, 11) is 5.15. The number of methoxy groups -OCH3 is 1. The van der Waals surface area contributed by atoms with Gasteiger partial charge in [-0.1, -0.05) is 11.8 Å². The number of carbonyl (C=O) groups excluding carboxylic acids is 1. The summed E-state index contributed by atoms with van der Waals surface area (Å²) in [5.41, 5.74) is 0.960. The van der Waals surface area contributed by atoms with Crippen LogP contribution in [0.25, 0.3) is 11.4 Å². The van der Waals surface area contributed by atoms with Gasteiger partial charge in [0, 0.05) is 26.3 Å². The molecule has 1 aromatic carbocycles. The van der Waals surface area contributed by atoms with E-state index in [1.807, 2.05) is 24.3 Å². The van der Waals surface area contributed by atoms with Crippen molar-refractivity contribution in [3.63, 3.8) is 0 Å². The Bertz CT molecular complexity index is 739. The maximum Gasteiger partial charge on any atom is 0.232 e. The highest BCUT2D eigenvalue weighted by Crippen LogP contribution is 2.27. The third-order valence-corrected chi connectivity index (χ3v) is 5.25. The van der Waals surface area contributed by atoms with E-state index in [1.165, 1.54) is 11.8 Å². The van der Waals surface area contributed by atoms with Crippen LogP contribution in [0.3, 0.4) is 0 Å². The number of aromatic nitrogens is 3. The molecule has 0 radical (unpaired) electrons. The lowest BCUT2D eigenvalue weighted by molar-refractivity contribution is -0.125. The highest BCUT2D eigenvalue weighted by atomic mass is 32.2. The molecule has 2 heterocycles. The van der Waals surface area contributed by atoms with E-state index in [0.29, 0.717) is 12.3 Å². The number of rotatable bonds is 7. The van der Waals surface area contributed by atoms with Gasteiger partial charge in [-0.3, -0.25) is 9.36 Å². The van der Waals surface area contributed by atoms with Crippen molar-refractivity contribution in [2.24, 2.45) is 0 Å². The summed E-state index contributed by atoms with van der Waals surface area (Å²) in [6.45, 7) is 1.49. The first-order chi connectivity index (χ1) is 12.6. The van der Waals surface area contributed by atoms with Gasteiger partial charge in [0.1, 0.15) is 5.75 Å². The largest absolute Gasteiger partial charge is 0.497 e. The summed E-state index contributed by atoms with van der Waals surface area (Å²) in [5, 5.41) is 9.44. The zero-order chi connectivity index (χ0) is 18.5. The molecule has 1 fully saturated rings. The molecule has 1 aliphatic heterocycles. The van der Waals surface area contributed by atoms with Gasteiger partial charge in [-0.05, 0) is 37.1 Å². The minimum Gasteiger partial charge on any atom is -0.497 e. The van der Waals surface area contributed by atoms with Gasteiger partial charge in [-0.2, -0.15) is 0 Å². The van der Waals surface area contributed by atoms with E-state index < -0.39 is 0 Å². The second kappa shape index (κ2) is 8.55. The molecule has 3 rings (SSSR count). The van der Waals surface area contributed by atoms with Crippen molar-refractivity contribution < 1.29 is 14.3 Å². The molecule has 1 aromatic heterocycles. The lowest BCUT2D eigenvalue weighted by atomic mass is 10.2. The second-order valence-corrected chi connectivity index (χ2v) is 7.30. The Morgan fingerprint density at radius 3 is 2.73 bits per heavy atom. The third-order valence-electron chi connectivity index (χ3n) is 4.30. The Hall–Kier alpha value is -2.06. The topological polar surface area (TPSA) is 69.5 Å². The highest BCUT2D eigenvalue weighted by molar-refractivity contribution is 7.99. The number of amides is 1. The first kappa shape index (κ1) is 18.7. The summed E-state index contributed by atoms with van der Waals surface area (Å²) in [5.74, 6) is 1.96. The van der Waals surface area contributed by atoms with Crippen molar-refractivity contribution in [3.8, 4) is 17.1 Å². The summed E-state index contributed by atoms with van der Waals surface area (Å²) in [4.78, 5) is 13.5. The Morgan fingerprint density at radius 2 is 2.12 bits per heavy atom. The Balaban J connectivity index is 1.85. The Morgan fingerprint density at radius 1 is 1.35 bits per heavy atom. The minimum atomic E-state index is 0.0488. The number of carbonyl (C=O) groups is 1. The molecule has 8 heteroatoms. The second-order valence-electron chi connectivity index (χ2n) is 6.36. The minimum absolute atomic E-state index is 0.0488. The molecule has 0 spiro atoms. The van der Waals surface area contributed by atoms with Crippen LogP contribution in [0.15, 0.2) is 29.4 Å². The molecular weight excluding hydrogens is 352 g/mol. The van der Waals surface area contributed by atoms with Gasteiger partial charge in [-0.15, -0.1) is 10.2 Å². The van der Waals surface area contributed by atoms with Gasteiger partial charge in [0.15, 0.2) is 11.0 Å². The van der Waals surface area contributed by atoms with Crippen LogP contribution in [0.2, 0.25) is 0 Å². The molecule has 1 saturated heterocycles. The predicted octanol–water partition coefficient (Wildman–Crippen LogP) is 2.31. The van der Waals surface area contributed by atoms with Crippen LogP contribution in [0.5, 0.6) is 5.75 Å². The fourth-order valence-electron chi connectivity index (χ4n) is 2.76. The quantitative estimate of drug-likeness (QED) is 0.691. The molecule has 0 unspecified atom stereocenters. The van der Waals surface area contributed by atoms with Crippen LogP contribution < -0.4 is 4.74 Å². The van der Waals surface area contributed by atoms with Gasteiger partial charge >= 0.3 is 0 Å². The number of benzene rings is 1. The number of thioether (sulfide) groups is 1. The third kappa shape index (κ3) is 4.37. The summed E-state index contributed by atoms with van der Waals surface area (Å²) >= 11 is 1.41. The Labute approximate surface area is 157 Å². The first-order valence-corrected chi connectivity index (χ1v) is 9.59. The predicted molar refractivity (Wildman–Crippen MR) is 100 cm³/mol. The average Bonchev–Trinajstić information content (AvgIpc) is 3.30. The molecule has 1 amide bonds. The zero-order valence-electron chi connectivity index (χ0n) is 15.3. The maximum absolute atomic E-state index is 11.9. The summed E-state index contributed by atoms with van der Waals surface area (Å²) in [6, 6.07) is 7.74. The molecule has 0 N–H and O–H groups in total. The molecule has 0 aliphatic carbocycles. The van der Waals surface area contributed by atoms with Crippen molar-refractivity contribution in [2.75, 3.05) is 33.6 Å². The number of hydrogen-bond donors (Lipinski definition) is 0. The molecule has 26 heavy (non-hydrogen) atoms. The van der Waals surface area contributed by atoms with Crippen LogP contribution in [-0.2, 0) is 16.1 Å². The monoisotopic (exact) mass is 376 g/mol. The lowest BCUT2D eigenvalue weighted by Gasteiger charge is -2.15. The molecule has 0 bridgehead atoms. The molecule has 7 nitrogen and oxygen atoms in total. The van der Waals surface area contributed by atoms with E-state index in [1.54, 1.807) is 26.1 Å². The Kier molecular flexibility index (Phi) is 6.16. The van der Waals surface area contributed by atoms with Crippen LogP contribution in [0.1, 0.15) is 12.8 Å². The smallest absolute Gasteiger partial charge is 0.232 e. The van der Waals surface area contributed by atoms with Crippen molar-refractivity contribution in [1.82, 2.24) is 19.7 Å². The van der Waals surface area contributed by atoms with Gasteiger partial charge in [0.2, 0.25) is 5.91 Å². The van der Waals surface area contributed by atoms with Crippen molar-refractivity contribution in [3.05, 3.63) is 24.3 Å². The van der Waals surface area contributed by atoms with Crippen LogP contribution in [-0.4, -0.2) is 65.2 Å². The van der Waals surface area contributed by atoms with E-state index >= 15 is 0 Å². The van der Waals surface area contributed by atoms with Gasteiger partial charge in [0.05, 0.1) is 25.5 Å². The van der Waals surface area contributed by atoms with E-state index in [-0.39, 0.29) is 12.0 Å². The van der Waals surface area contributed by atoms with E-state index in [0.717, 1.165) is 41.7 Å². The SMILES string of the molecule is COc1ccc(-c2nnc(SCC(=O)N(C)C)n2C[C@@H]2CCCO2)cc1. The molecule has 140 valence electrons. The molecule has 1 aliphatic rings. The summed E-state index contributed by atoms with van der Waals surface area (Å²) < 4.78 is 13.1. The van der Waals surface area contributed by atoms with Crippen molar-refractivity contribution >= 4 is 17.7 Å². The lowest BCUT2D eigenvalue weighted by Crippen LogP contribution is -2.24. The van der Waals surface area contributed by atoms with Crippen LogP contribution in [0.4, 0.5) is 0 Å². The fraction of sp³-hybridized carbons (Fsp3) is 0.500. The van der Waals surface area contributed by atoms with Crippen molar-refractivity contribution in [2.45, 2.75) is 30.6 Å². The number of ether oxygens (including phenoxy) is 2. The molecule has 1 atom stereocenters. The summed E-state index contributed by atoms with van der Waals surface area (Å²) in [6.07, 6.45) is 2.26. The van der Waals surface area contributed by atoms with Gasteiger partial charge < -0.3 is 14.4 Å². The number of hydrogen-bond acceptors (Lipinski definition) is 6. The van der Waals surface area contributed by atoms with Gasteiger partial charge in [-0.25, -0.2) is 0 Å². The van der Waals surface area contributed by atoms with Crippen LogP contribution >= 0.6 is 11.8 Å². The standard InChI is InChI=1S/C18H24N4O3S/c1-21(2)16(23)12-26-18-20-19-17(13-6-8-14(24-3)9-7-13)22(18)11-15-5-4-10-25-15/h6-9,15H,4-5,10-12H2,1-3H3/t15-/m0/s1. The van der Waals surface area contributed by atoms with E-state index in [9.17, 15) is 4.79 Å². The normalized spacial score (nSPS) is 16.7. The first-order valence-electron chi connectivity index (χ1n) is 8.60. The maximum atomic E-state index is 11.9. The average molecular weight is 376 g/mol. The van der Waals surface area contributed by atoms with Gasteiger partial charge in [0.25, 0.3) is 0 Å². The van der Waals surface area contributed by atoms with Crippen molar-refractivity contribution in [1.29, 1.82) is 0 Å². The zero-order valence-corrected chi connectivity index (χ0v) is 16.2. The van der Waals surface area contributed by atoms with E-state index in [4.69, 9.17) is 9.47 Å². The highest BCUT2D eigenvalue weighted by Gasteiger charge is 2.22. The molecular formula is C18H24N4O3S. The van der Waals surface area contributed by atoms with Crippen LogP contribution in [0, 0.1) is 0 Å². The fourth-order valence-corrected chi connectivity index (χ4v) is 3.69. The molecule has 0 saturated carbocycles.